The number of halogens is 1. The standard InChI is InChI=1S/C20H18FN3O3/c21-15-9-7-14(8-10-15)18-19(26)24(20(27)22-18)12-17(25)23-11-3-5-13-4-1-2-6-16(13)23/h1-2,4,6-10,18H,3,5,11-12H2,(H,22,27)/t18-/m0/s1. The van der Waals surface area contributed by atoms with E-state index in [-0.39, 0.29) is 12.5 Å². The van der Waals surface area contributed by atoms with Crippen molar-refractivity contribution >= 4 is 23.5 Å². The molecule has 0 unspecified atom stereocenters. The number of anilines is 1. The smallest absolute Gasteiger partial charge is 0.322 e. The monoisotopic (exact) mass is 367 g/mol. The minimum atomic E-state index is -0.903. The van der Waals surface area contributed by atoms with Crippen LogP contribution in [-0.4, -0.2) is 35.8 Å². The van der Waals surface area contributed by atoms with Crippen molar-refractivity contribution in [3.05, 3.63) is 65.5 Å². The van der Waals surface area contributed by atoms with Gasteiger partial charge in [-0.05, 0) is 42.2 Å². The van der Waals surface area contributed by atoms with Crippen molar-refractivity contribution in [2.24, 2.45) is 0 Å². The number of para-hydroxylation sites is 1. The molecule has 0 saturated carbocycles. The fourth-order valence-corrected chi connectivity index (χ4v) is 3.56. The first-order valence-electron chi connectivity index (χ1n) is 8.80. The van der Waals surface area contributed by atoms with Gasteiger partial charge in [-0.15, -0.1) is 0 Å². The number of urea groups is 1. The van der Waals surface area contributed by atoms with Gasteiger partial charge in [0, 0.05) is 12.2 Å². The third-order valence-electron chi connectivity index (χ3n) is 4.93. The molecule has 2 aromatic carbocycles. The Morgan fingerprint density at radius 3 is 2.63 bits per heavy atom. The van der Waals surface area contributed by atoms with Gasteiger partial charge in [0.2, 0.25) is 5.91 Å². The van der Waals surface area contributed by atoms with Crippen LogP contribution in [0.2, 0.25) is 0 Å². The van der Waals surface area contributed by atoms with E-state index >= 15 is 0 Å². The summed E-state index contributed by atoms with van der Waals surface area (Å²) in [5, 5.41) is 2.56. The van der Waals surface area contributed by atoms with Gasteiger partial charge in [0.1, 0.15) is 18.4 Å². The Kier molecular flexibility index (Phi) is 4.35. The second-order valence-corrected chi connectivity index (χ2v) is 6.64. The molecule has 4 amide bonds. The van der Waals surface area contributed by atoms with E-state index < -0.39 is 23.8 Å². The summed E-state index contributed by atoms with van der Waals surface area (Å²) in [6.07, 6.45) is 1.73. The van der Waals surface area contributed by atoms with Crippen LogP contribution < -0.4 is 10.2 Å². The Balaban J connectivity index is 1.51. The van der Waals surface area contributed by atoms with Crippen molar-refractivity contribution in [2.45, 2.75) is 18.9 Å². The number of benzene rings is 2. The van der Waals surface area contributed by atoms with Crippen LogP contribution in [0.3, 0.4) is 0 Å². The molecule has 1 N–H and O–H groups in total. The minimum absolute atomic E-state index is 0.301. The maximum Gasteiger partial charge on any atom is 0.325 e. The average Bonchev–Trinajstić information content (AvgIpc) is 2.96. The molecule has 1 atom stereocenters. The van der Waals surface area contributed by atoms with Crippen LogP contribution in [0.25, 0.3) is 0 Å². The molecule has 7 heteroatoms. The van der Waals surface area contributed by atoms with Crippen LogP contribution in [0.1, 0.15) is 23.6 Å². The van der Waals surface area contributed by atoms with Crippen molar-refractivity contribution in [3.8, 4) is 0 Å². The zero-order valence-corrected chi connectivity index (χ0v) is 14.5. The topological polar surface area (TPSA) is 69.7 Å². The summed E-state index contributed by atoms with van der Waals surface area (Å²) in [5.41, 5.74) is 2.39. The first-order valence-corrected chi connectivity index (χ1v) is 8.80. The van der Waals surface area contributed by atoms with E-state index in [2.05, 4.69) is 5.32 Å². The molecule has 2 heterocycles. The highest BCUT2D eigenvalue weighted by molar-refractivity contribution is 6.08. The first kappa shape index (κ1) is 17.2. The summed E-state index contributed by atoms with van der Waals surface area (Å²) >= 11 is 0. The maximum absolute atomic E-state index is 13.1. The third-order valence-corrected chi connectivity index (χ3v) is 4.93. The van der Waals surface area contributed by atoms with Crippen LogP contribution in [0, 0.1) is 5.82 Å². The molecule has 4 rings (SSSR count). The second kappa shape index (κ2) is 6.83. The van der Waals surface area contributed by atoms with Gasteiger partial charge in [0.25, 0.3) is 5.91 Å². The quantitative estimate of drug-likeness (QED) is 0.847. The lowest BCUT2D eigenvalue weighted by Crippen LogP contribution is -2.45. The molecule has 0 bridgehead atoms. The fourth-order valence-electron chi connectivity index (χ4n) is 3.56. The van der Waals surface area contributed by atoms with Gasteiger partial charge < -0.3 is 10.2 Å². The molecule has 2 aliphatic heterocycles. The number of imide groups is 1. The number of fused-ring (bicyclic) bond motifs is 1. The van der Waals surface area contributed by atoms with Crippen molar-refractivity contribution in [3.63, 3.8) is 0 Å². The SMILES string of the molecule is O=C1N[C@@H](c2ccc(F)cc2)C(=O)N1CC(=O)N1CCCc2ccccc21. The molecule has 0 aromatic heterocycles. The van der Waals surface area contributed by atoms with E-state index in [0.717, 1.165) is 29.0 Å². The predicted molar refractivity (Wildman–Crippen MR) is 96.5 cm³/mol. The van der Waals surface area contributed by atoms with Crippen molar-refractivity contribution in [1.29, 1.82) is 0 Å². The molecule has 0 spiro atoms. The van der Waals surface area contributed by atoms with Gasteiger partial charge in [-0.3, -0.25) is 14.5 Å². The van der Waals surface area contributed by atoms with Gasteiger partial charge >= 0.3 is 6.03 Å². The minimum Gasteiger partial charge on any atom is -0.322 e. The van der Waals surface area contributed by atoms with Crippen LogP contribution in [0.5, 0.6) is 0 Å². The Morgan fingerprint density at radius 1 is 1.11 bits per heavy atom. The molecule has 138 valence electrons. The Labute approximate surface area is 155 Å². The summed E-state index contributed by atoms with van der Waals surface area (Å²) in [7, 11) is 0. The number of rotatable bonds is 3. The van der Waals surface area contributed by atoms with Gasteiger partial charge in [0.05, 0.1) is 0 Å². The van der Waals surface area contributed by atoms with Crippen LogP contribution >= 0.6 is 0 Å². The number of amides is 4. The third kappa shape index (κ3) is 3.16. The molecule has 6 nitrogen and oxygen atoms in total. The van der Waals surface area contributed by atoms with Gasteiger partial charge in [-0.2, -0.15) is 0 Å². The number of carbonyl (C=O) groups is 3. The number of hydrogen-bond acceptors (Lipinski definition) is 3. The largest absolute Gasteiger partial charge is 0.325 e. The second-order valence-electron chi connectivity index (χ2n) is 6.64. The normalized spacial score (nSPS) is 19.1. The Morgan fingerprint density at radius 2 is 1.85 bits per heavy atom. The van der Waals surface area contributed by atoms with Gasteiger partial charge in [-0.1, -0.05) is 30.3 Å². The van der Waals surface area contributed by atoms with E-state index in [4.69, 9.17) is 0 Å². The summed E-state index contributed by atoms with van der Waals surface area (Å²) in [6.45, 7) is 0.234. The summed E-state index contributed by atoms with van der Waals surface area (Å²) in [6, 6.07) is 11.5. The van der Waals surface area contributed by atoms with Crippen molar-refractivity contribution in [1.82, 2.24) is 10.2 Å². The fraction of sp³-hybridized carbons (Fsp3) is 0.250. The lowest BCUT2D eigenvalue weighted by molar-refractivity contribution is -0.131. The number of nitrogens with zero attached hydrogens (tertiary/aromatic N) is 2. The van der Waals surface area contributed by atoms with E-state index in [1.807, 2.05) is 24.3 Å². The lowest BCUT2D eigenvalue weighted by Gasteiger charge is -2.30. The molecule has 0 aliphatic carbocycles. The molecule has 0 radical (unpaired) electrons. The van der Waals surface area contributed by atoms with E-state index in [1.54, 1.807) is 4.90 Å². The number of aryl methyl sites for hydroxylation is 1. The summed E-state index contributed by atoms with van der Waals surface area (Å²) in [4.78, 5) is 40.2. The summed E-state index contributed by atoms with van der Waals surface area (Å²) in [5.74, 6) is -1.23. The van der Waals surface area contributed by atoms with Gasteiger partial charge in [0.15, 0.2) is 0 Å². The van der Waals surface area contributed by atoms with E-state index in [1.165, 1.54) is 24.3 Å². The number of nitrogens with one attached hydrogen (secondary N) is 1. The highest BCUT2D eigenvalue weighted by atomic mass is 19.1. The van der Waals surface area contributed by atoms with Crippen molar-refractivity contribution in [2.75, 3.05) is 18.0 Å². The first-order chi connectivity index (χ1) is 13.0. The van der Waals surface area contributed by atoms with Gasteiger partial charge in [-0.25, -0.2) is 9.18 Å². The highest BCUT2D eigenvalue weighted by Gasteiger charge is 2.40. The zero-order valence-electron chi connectivity index (χ0n) is 14.5. The molecular weight excluding hydrogens is 349 g/mol. The molecule has 1 saturated heterocycles. The molecule has 2 aliphatic rings. The highest BCUT2D eigenvalue weighted by Crippen LogP contribution is 2.28. The Hall–Kier alpha value is -3.22. The predicted octanol–water partition coefficient (Wildman–Crippen LogP) is 2.40. The van der Waals surface area contributed by atoms with Crippen LogP contribution in [0.15, 0.2) is 48.5 Å². The van der Waals surface area contributed by atoms with E-state index in [0.29, 0.717) is 12.1 Å². The zero-order chi connectivity index (χ0) is 19.0. The van der Waals surface area contributed by atoms with E-state index in [9.17, 15) is 18.8 Å². The van der Waals surface area contributed by atoms with Crippen LogP contribution in [0.4, 0.5) is 14.9 Å². The molecular formula is C20H18FN3O3. The number of carbonyl (C=O) groups excluding carboxylic acids is 3. The van der Waals surface area contributed by atoms with Crippen LogP contribution in [-0.2, 0) is 16.0 Å². The summed E-state index contributed by atoms with van der Waals surface area (Å²) < 4.78 is 13.1. The molecule has 27 heavy (non-hydrogen) atoms. The van der Waals surface area contributed by atoms with Crippen molar-refractivity contribution < 1.29 is 18.8 Å². The Bertz CT molecular complexity index is 913. The maximum atomic E-state index is 13.1. The molecule has 1 fully saturated rings. The number of hydrogen-bond donors (Lipinski definition) is 1. The molecule has 2 aromatic rings. The lowest BCUT2D eigenvalue weighted by atomic mass is 10.0. The average molecular weight is 367 g/mol.